The zero-order valence-corrected chi connectivity index (χ0v) is 16.9. The van der Waals surface area contributed by atoms with Crippen molar-refractivity contribution in [1.82, 2.24) is 30.1 Å². The zero-order chi connectivity index (χ0) is 20.9. The van der Waals surface area contributed by atoms with Gasteiger partial charge in [0.25, 0.3) is 5.91 Å². The lowest BCUT2D eigenvalue weighted by molar-refractivity contribution is 0.0280. The first-order valence-corrected chi connectivity index (χ1v) is 9.70. The second-order valence-corrected chi connectivity index (χ2v) is 6.84. The summed E-state index contributed by atoms with van der Waals surface area (Å²) >= 11 is 0. The Bertz CT molecular complexity index is 1020. The first-order chi connectivity index (χ1) is 14.7. The molecular formula is C19H24N8O3. The predicted molar refractivity (Wildman–Crippen MR) is 110 cm³/mol. The second kappa shape index (κ2) is 9.01. The van der Waals surface area contributed by atoms with Crippen molar-refractivity contribution in [2.24, 2.45) is 0 Å². The van der Waals surface area contributed by atoms with Crippen LogP contribution < -0.4 is 15.5 Å². The number of nitrogens with zero attached hydrogens (tertiary/aromatic N) is 6. The monoisotopic (exact) mass is 412 g/mol. The lowest BCUT2D eigenvalue weighted by Gasteiger charge is -2.18. The number of rotatable bonds is 8. The Balaban J connectivity index is 1.48. The molecule has 2 N–H and O–H groups in total. The van der Waals surface area contributed by atoms with Crippen molar-refractivity contribution in [3.63, 3.8) is 0 Å². The van der Waals surface area contributed by atoms with E-state index < -0.39 is 0 Å². The molecule has 0 bridgehead atoms. The predicted octanol–water partition coefficient (Wildman–Crippen LogP) is 0.864. The molecule has 11 nitrogen and oxygen atoms in total. The van der Waals surface area contributed by atoms with Gasteiger partial charge in [-0.2, -0.15) is 10.1 Å². The first-order valence-electron chi connectivity index (χ1n) is 9.70. The lowest BCUT2D eigenvalue weighted by atomic mass is 10.3. The maximum absolute atomic E-state index is 12.0. The molecule has 11 heteroatoms. The average molecular weight is 412 g/mol. The molecule has 1 atom stereocenters. The Morgan fingerprint density at radius 2 is 2.20 bits per heavy atom. The van der Waals surface area contributed by atoms with Crippen LogP contribution in [-0.4, -0.2) is 77.3 Å². The van der Waals surface area contributed by atoms with E-state index in [2.05, 4.69) is 35.8 Å². The highest BCUT2D eigenvalue weighted by Gasteiger charge is 2.23. The Kier molecular flexibility index (Phi) is 6.00. The molecule has 1 aliphatic heterocycles. The summed E-state index contributed by atoms with van der Waals surface area (Å²) in [6.45, 7) is 2.95. The van der Waals surface area contributed by atoms with Gasteiger partial charge in [0.05, 0.1) is 43.1 Å². The molecule has 1 aliphatic rings. The molecule has 1 fully saturated rings. The highest BCUT2D eigenvalue weighted by atomic mass is 16.5. The van der Waals surface area contributed by atoms with Crippen molar-refractivity contribution in [3.05, 3.63) is 36.3 Å². The van der Waals surface area contributed by atoms with E-state index in [0.29, 0.717) is 30.5 Å². The van der Waals surface area contributed by atoms with Crippen molar-refractivity contribution in [1.29, 1.82) is 0 Å². The van der Waals surface area contributed by atoms with Gasteiger partial charge in [-0.1, -0.05) is 0 Å². The SMILES string of the molecule is CNC(=O)c1nnccc1Nc1nc2ccc(N3CCC(OCCOC)C3)cn2n1. The number of fused-ring (bicyclic) bond motifs is 1. The van der Waals surface area contributed by atoms with Crippen LogP contribution in [0.2, 0.25) is 0 Å². The second-order valence-electron chi connectivity index (χ2n) is 6.84. The number of nitrogens with one attached hydrogen (secondary N) is 2. The number of aromatic nitrogens is 5. The molecule has 1 amide bonds. The summed E-state index contributed by atoms with van der Waals surface area (Å²) < 4.78 is 12.6. The van der Waals surface area contributed by atoms with Crippen molar-refractivity contribution in [2.75, 3.05) is 50.7 Å². The number of ether oxygens (including phenoxy) is 2. The van der Waals surface area contributed by atoms with Gasteiger partial charge in [-0.25, -0.2) is 4.52 Å². The van der Waals surface area contributed by atoms with Gasteiger partial charge in [0.1, 0.15) is 0 Å². The number of carbonyl (C=O) groups is 1. The largest absolute Gasteiger partial charge is 0.382 e. The Morgan fingerprint density at radius 1 is 1.30 bits per heavy atom. The third kappa shape index (κ3) is 4.31. The van der Waals surface area contributed by atoms with Gasteiger partial charge in [-0.3, -0.25) is 4.79 Å². The van der Waals surface area contributed by atoms with E-state index in [9.17, 15) is 4.79 Å². The van der Waals surface area contributed by atoms with Crippen molar-refractivity contribution in [3.8, 4) is 0 Å². The average Bonchev–Trinajstić information content (AvgIpc) is 3.39. The van der Waals surface area contributed by atoms with Crippen LogP contribution in [0.15, 0.2) is 30.6 Å². The molecule has 4 heterocycles. The standard InChI is InChI=1S/C19H24N8O3/c1-20-18(28)17-15(5-7-21-24-17)22-19-23-16-4-3-13(11-27(16)25-19)26-8-6-14(12-26)30-10-9-29-2/h3-5,7,11,14H,6,8-10,12H2,1-2H3,(H,20,28)(H,21,22,25). The van der Waals surface area contributed by atoms with Gasteiger partial charge in [0.15, 0.2) is 11.3 Å². The summed E-state index contributed by atoms with van der Waals surface area (Å²) in [5, 5.41) is 17.7. The summed E-state index contributed by atoms with van der Waals surface area (Å²) in [5.74, 6) is 0.0282. The molecule has 4 rings (SSSR count). The fourth-order valence-electron chi connectivity index (χ4n) is 3.35. The van der Waals surface area contributed by atoms with Gasteiger partial charge in [0, 0.05) is 27.2 Å². The number of hydrogen-bond donors (Lipinski definition) is 2. The van der Waals surface area contributed by atoms with Gasteiger partial charge >= 0.3 is 0 Å². The minimum atomic E-state index is -0.340. The minimum absolute atomic E-state index is 0.177. The Labute approximate surface area is 173 Å². The third-order valence-corrected chi connectivity index (χ3v) is 4.88. The third-order valence-electron chi connectivity index (χ3n) is 4.88. The minimum Gasteiger partial charge on any atom is -0.382 e. The molecule has 158 valence electrons. The molecule has 3 aromatic rings. The molecule has 0 spiro atoms. The van der Waals surface area contributed by atoms with Crippen molar-refractivity contribution >= 4 is 28.9 Å². The molecule has 0 radical (unpaired) electrons. The van der Waals surface area contributed by atoms with E-state index in [1.807, 2.05) is 18.3 Å². The van der Waals surface area contributed by atoms with E-state index in [1.165, 1.54) is 13.2 Å². The molecule has 3 aromatic heterocycles. The fourth-order valence-corrected chi connectivity index (χ4v) is 3.35. The Morgan fingerprint density at radius 3 is 3.03 bits per heavy atom. The highest BCUT2D eigenvalue weighted by Crippen LogP contribution is 2.23. The molecule has 1 saturated heterocycles. The number of carbonyl (C=O) groups excluding carboxylic acids is 1. The van der Waals surface area contributed by atoms with Crippen LogP contribution in [0.1, 0.15) is 16.9 Å². The van der Waals surface area contributed by atoms with E-state index >= 15 is 0 Å². The summed E-state index contributed by atoms with van der Waals surface area (Å²) in [5.41, 5.74) is 2.40. The van der Waals surface area contributed by atoms with Gasteiger partial charge in [-0.15, -0.1) is 10.2 Å². The highest BCUT2D eigenvalue weighted by molar-refractivity contribution is 5.97. The van der Waals surface area contributed by atoms with E-state index in [0.717, 1.165) is 25.2 Å². The van der Waals surface area contributed by atoms with Crippen LogP contribution in [0.5, 0.6) is 0 Å². The number of anilines is 3. The van der Waals surface area contributed by atoms with E-state index in [1.54, 1.807) is 17.7 Å². The summed E-state index contributed by atoms with van der Waals surface area (Å²) in [4.78, 5) is 18.7. The molecule has 0 aliphatic carbocycles. The number of methoxy groups -OCH3 is 1. The number of pyridine rings is 1. The smallest absolute Gasteiger partial charge is 0.273 e. The molecule has 1 unspecified atom stereocenters. The molecular weight excluding hydrogens is 388 g/mol. The molecule has 0 saturated carbocycles. The normalized spacial score (nSPS) is 16.2. The lowest BCUT2D eigenvalue weighted by Crippen LogP contribution is -2.24. The van der Waals surface area contributed by atoms with Gasteiger partial charge in [-0.05, 0) is 24.6 Å². The maximum Gasteiger partial charge on any atom is 0.273 e. The van der Waals surface area contributed by atoms with E-state index in [4.69, 9.17) is 9.47 Å². The van der Waals surface area contributed by atoms with Crippen molar-refractivity contribution in [2.45, 2.75) is 12.5 Å². The van der Waals surface area contributed by atoms with Crippen molar-refractivity contribution < 1.29 is 14.3 Å². The Hall–Kier alpha value is -3.31. The first kappa shape index (κ1) is 20.0. The van der Waals surface area contributed by atoms with Crippen LogP contribution in [0.4, 0.5) is 17.3 Å². The fraction of sp³-hybridized carbons (Fsp3) is 0.421. The quantitative estimate of drug-likeness (QED) is 0.519. The van der Waals surface area contributed by atoms with Crippen LogP contribution >= 0.6 is 0 Å². The summed E-state index contributed by atoms with van der Waals surface area (Å²) in [6, 6.07) is 5.59. The van der Waals surface area contributed by atoms with E-state index in [-0.39, 0.29) is 17.7 Å². The van der Waals surface area contributed by atoms with Gasteiger partial charge < -0.3 is 25.0 Å². The summed E-state index contributed by atoms with van der Waals surface area (Å²) in [6.07, 6.45) is 4.62. The maximum atomic E-state index is 12.0. The molecule has 0 aromatic carbocycles. The number of amides is 1. The molecule has 30 heavy (non-hydrogen) atoms. The summed E-state index contributed by atoms with van der Waals surface area (Å²) in [7, 11) is 3.21. The van der Waals surface area contributed by atoms with Gasteiger partial charge in [0.2, 0.25) is 5.95 Å². The van der Waals surface area contributed by atoms with Crippen LogP contribution in [0.25, 0.3) is 5.65 Å². The zero-order valence-electron chi connectivity index (χ0n) is 16.9. The number of hydrogen-bond acceptors (Lipinski definition) is 9. The van der Waals surface area contributed by atoms with Crippen LogP contribution in [0.3, 0.4) is 0 Å². The topological polar surface area (TPSA) is 119 Å². The van der Waals surface area contributed by atoms with Crippen LogP contribution in [-0.2, 0) is 9.47 Å². The van der Waals surface area contributed by atoms with Crippen LogP contribution in [0, 0.1) is 0 Å².